The highest BCUT2D eigenvalue weighted by molar-refractivity contribution is 5.66. The second kappa shape index (κ2) is 6.97. The predicted octanol–water partition coefficient (Wildman–Crippen LogP) is 2.95. The molecule has 0 bridgehead atoms. The van der Waals surface area contributed by atoms with E-state index in [0.717, 1.165) is 38.5 Å². The van der Waals surface area contributed by atoms with Crippen molar-refractivity contribution in [3.63, 3.8) is 0 Å². The van der Waals surface area contributed by atoms with Crippen LogP contribution in [-0.4, -0.2) is 29.6 Å². The fourth-order valence-corrected chi connectivity index (χ4v) is 2.08. The summed E-state index contributed by atoms with van der Waals surface area (Å²) in [6, 6.07) is 0. The van der Waals surface area contributed by atoms with Crippen molar-refractivity contribution >= 4 is 5.97 Å². The lowest BCUT2D eigenvalue weighted by atomic mass is 10.1. The Morgan fingerprint density at radius 1 is 1.24 bits per heavy atom. The van der Waals surface area contributed by atoms with Crippen molar-refractivity contribution in [3.05, 3.63) is 0 Å². The summed E-state index contributed by atoms with van der Waals surface area (Å²) in [4.78, 5) is 10.3. The lowest BCUT2D eigenvalue weighted by Gasteiger charge is -2.16. The van der Waals surface area contributed by atoms with Gasteiger partial charge in [0.25, 0.3) is 0 Å². The van der Waals surface area contributed by atoms with Crippen LogP contribution >= 0.6 is 0 Å². The van der Waals surface area contributed by atoms with Crippen LogP contribution in [0.1, 0.15) is 58.8 Å². The molecule has 100 valence electrons. The highest BCUT2D eigenvalue weighted by Crippen LogP contribution is 2.25. The topological polar surface area (TPSA) is 55.8 Å². The van der Waals surface area contributed by atoms with Gasteiger partial charge in [-0.15, -0.1) is 0 Å². The third kappa shape index (κ3) is 6.64. The predicted molar refractivity (Wildman–Crippen MR) is 64.9 cm³/mol. The Labute approximate surface area is 103 Å². The summed E-state index contributed by atoms with van der Waals surface area (Å²) in [6.07, 6.45) is 6.80. The van der Waals surface area contributed by atoms with Crippen LogP contribution < -0.4 is 0 Å². The van der Waals surface area contributed by atoms with Gasteiger partial charge in [-0.2, -0.15) is 0 Å². The zero-order valence-electron chi connectivity index (χ0n) is 10.9. The van der Waals surface area contributed by atoms with Gasteiger partial charge in [0, 0.05) is 6.42 Å². The molecule has 1 N–H and O–H groups in total. The number of carboxylic acid groups (broad SMARTS) is 1. The van der Waals surface area contributed by atoms with E-state index < -0.39 is 11.8 Å². The summed E-state index contributed by atoms with van der Waals surface area (Å²) in [6.45, 7) is 4.59. The molecule has 17 heavy (non-hydrogen) atoms. The molecule has 4 heteroatoms. The zero-order chi connectivity index (χ0) is 12.7. The van der Waals surface area contributed by atoms with Gasteiger partial charge in [0.05, 0.1) is 12.7 Å². The maximum Gasteiger partial charge on any atom is 0.303 e. The van der Waals surface area contributed by atoms with Gasteiger partial charge in [-0.05, 0) is 26.7 Å². The molecule has 4 nitrogen and oxygen atoms in total. The normalized spacial score (nSPS) is 22.8. The van der Waals surface area contributed by atoms with Crippen LogP contribution in [0.4, 0.5) is 0 Å². The van der Waals surface area contributed by atoms with E-state index in [9.17, 15) is 4.79 Å². The van der Waals surface area contributed by atoms with Crippen LogP contribution in [0.3, 0.4) is 0 Å². The van der Waals surface area contributed by atoms with Crippen molar-refractivity contribution in [2.24, 2.45) is 0 Å². The summed E-state index contributed by atoms with van der Waals surface area (Å²) in [5, 5.41) is 8.48. The van der Waals surface area contributed by atoms with Gasteiger partial charge in [-0.25, -0.2) is 0 Å². The summed E-state index contributed by atoms with van der Waals surface area (Å²) in [5.74, 6) is -1.10. The second-order valence-electron chi connectivity index (χ2n) is 5.15. The van der Waals surface area contributed by atoms with Crippen molar-refractivity contribution in [3.8, 4) is 0 Å². The quantitative estimate of drug-likeness (QED) is 0.667. The summed E-state index contributed by atoms with van der Waals surface area (Å²) >= 11 is 0. The lowest BCUT2D eigenvalue weighted by molar-refractivity contribution is -0.139. The maximum atomic E-state index is 10.3. The monoisotopic (exact) mass is 244 g/mol. The third-order valence-corrected chi connectivity index (χ3v) is 2.98. The Bertz CT molecular complexity index is 238. The number of hydrogen-bond donors (Lipinski definition) is 1. The molecule has 1 fully saturated rings. The first-order valence-corrected chi connectivity index (χ1v) is 6.53. The molecule has 0 spiro atoms. The van der Waals surface area contributed by atoms with Crippen LogP contribution in [0.25, 0.3) is 0 Å². The van der Waals surface area contributed by atoms with E-state index in [1.54, 1.807) is 0 Å². The molecule has 1 rings (SSSR count). The van der Waals surface area contributed by atoms with E-state index in [2.05, 4.69) is 0 Å². The molecular formula is C13H24O4. The second-order valence-corrected chi connectivity index (χ2v) is 5.15. The number of carboxylic acids is 1. The van der Waals surface area contributed by atoms with Gasteiger partial charge in [-0.3, -0.25) is 4.79 Å². The average molecular weight is 244 g/mol. The van der Waals surface area contributed by atoms with Crippen molar-refractivity contribution in [2.75, 3.05) is 6.61 Å². The number of ether oxygens (including phenoxy) is 2. The molecule has 0 radical (unpaired) electrons. The Hall–Kier alpha value is -0.610. The van der Waals surface area contributed by atoms with Gasteiger partial charge in [-0.1, -0.05) is 25.7 Å². The zero-order valence-corrected chi connectivity index (χ0v) is 10.9. The Kier molecular flexibility index (Phi) is 5.92. The van der Waals surface area contributed by atoms with Crippen LogP contribution in [0, 0.1) is 0 Å². The van der Waals surface area contributed by atoms with Gasteiger partial charge in [0.1, 0.15) is 0 Å². The number of unbranched alkanes of at least 4 members (excludes halogenated alkanes) is 4. The van der Waals surface area contributed by atoms with Crippen LogP contribution in [-0.2, 0) is 14.3 Å². The molecule has 0 aromatic rings. The Morgan fingerprint density at radius 3 is 2.47 bits per heavy atom. The SMILES string of the molecule is CC1(C)OCC(CCCCCCCC(=O)O)O1. The first kappa shape index (κ1) is 14.5. The number of aliphatic carboxylic acids is 1. The van der Waals surface area contributed by atoms with Crippen molar-refractivity contribution in [1.29, 1.82) is 0 Å². The molecule has 1 aliphatic rings. The fourth-order valence-electron chi connectivity index (χ4n) is 2.08. The van der Waals surface area contributed by atoms with Gasteiger partial charge in [0.15, 0.2) is 5.79 Å². The maximum absolute atomic E-state index is 10.3. The van der Waals surface area contributed by atoms with Gasteiger partial charge in [0.2, 0.25) is 0 Å². The van der Waals surface area contributed by atoms with E-state index in [0.29, 0.717) is 13.0 Å². The molecule has 0 aliphatic carbocycles. The number of rotatable bonds is 8. The largest absolute Gasteiger partial charge is 0.481 e. The van der Waals surface area contributed by atoms with Crippen molar-refractivity contribution < 1.29 is 19.4 Å². The summed E-state index contributed by atoms with van der Waals surface area (Å²) < 4.78 is 11.2. The highest BCUT2D eigenvalue weighted by atomic mass is 16.7. The van der Waals surface area contributed by atoms with Gasteiger partial charge < -0.3 is 14.6 Å². The number of hydrogen-bond acceptors (Lipinski definition) is 3. The van der Waals surface area contributed by atoms with Crippen LogP contribution in [0.15, 0.2) is 0 Å². The standard InChI is InChI=1S/C13H24O4/c1-13(2)16-10-11(17-13)8-6-4-3-5-7-9-12(14)15/h11H,3-10H2,1-2H3,(H,14,15). The molecule has 1 saturated heterocycles. The molecule has 1 heterocycles. The first-order chi connectivity index (χ1) is 7.99. The lowest BCUT2D eigenvalue weighted by Crippen LogP contribution is -2.21. The minimum atomic E-state index is -0.691. The third-order valence-electron chi connectivity index (χ3n) is 2.98. The average Bonchev–Trinajstić information content (AvgIpc) is 2.56. The van der Waals surface area contributed by atoms with E-state index in [1.165, 1.54) is 0 Å². The summed E-state index contributed by atoms with van der Waals surface area (Å²) in [5.41, 5.74) is 0. The number of carbonyl (C=O) groups is 1. The fraction of sp³-hybridized carbons (Fsp3) is 0.923. The molecule has 1 unspecified atom stereocenters. The van der Waals surface area contributed by atoms with E-state index in [1.807, 2.05) is 13.8 Å². The van der Waals surface area contributed by atoms with E-state index >= 15 is 0 Å². The molecule has 1 aliphatic heterocycles. The van der Waals surface area contributed by atoms with Crippen molar-refractivity contribution in [1.82, 2.24) is 0 Å². The first-order valence-electron chi connectivity index (χ1n) is 6.53. The molecule has 0 aromatic carbocycles. The molecule has 0 amide bonds. The van der Waals surface area contributed by atoms with E-state index in [-0.39, 0.29) is 6.10 Å². The molecule has 1 atom stereocenters. The Morgan fingerprint density at radius 2 is 1.88 bits per heavy atom. The smallest absolute Gasteiger partial charge is 0.303 e. The van der Waals surface area contributed by atoms with E-state index in [4.69, 9.17) is 14.6 Å². The van der Waals surface area contributed by atoms with Crippen molar-refractivity contribution in [2.45, 2.75) is 70.7 Å². The van der Waals surface area contributed by atoms with Gasteiger partial charge >= 0.3 is 5.97 Å². The highest BCUT2D eigenvalue weighted by Gasteiger charge is 2.31. The Balaban J connectivity index is 1.90. The molecule has 0 saturated carbocycles. The van der Waals surface area contributed by atoms with Crippen LogP contribution in [0.5, 0.6) is 0 Å². The minimum absolute atomic E-state index is 0.240. The summed E-state index contributed by atoms with van der Waals surface area (Å²) in [7, 11) is 0. The molecular weight excluding hydrogens is 220 g/mol. The molecule has 0 aromatic heterocycles. The van der Waals surface area contributed by atoms with Crippen LogP contribution in [0.2, 0.25) is 0 Å². The minimum Gasteiger partial charge on any atom is -0.481 e.